The second-order valence-corrected chi connectivity index (χ2v) is 5.52. The summed E-state index contributed by atoms with van der Waals surface area (Å²) < 4.78 is 0. The van der Waals surface area contributed by atoms with Crippen LogP contribution in [0.3, 0.4) is 0 Å². The molecule has 1 nitrogen and oxygen atoms in total. The van der Waals surface area contributed by atoms with Crippen LogP contribution in [0.4, 0.5) is 0 Å². The van der Waals surface area contributed by atoms with E-state index in [2.05, 4.69) is 19.1 Å². The van der Waals surface area contributed by atoms with Crippen LogP contribution in [0.25, 0.3) is 0 Å². The van der Waals surface area contributed by atoms with Crippen molar-refractivity contribution < 1.29 is 5.11 Å². The second kappa shape index (κ2) is 7.75. The van der Waals surface area contributed by atoms with Crippen molar-refractivity contribution in [1.29, 1.82) is 0 Å². The Hall–Kier alpha value is -0.470. The van der Waals surface area contributed by atoms with E-state index in [4.69, 9.17) is 0 Å². The number of aliphatic hydroxyl groups excluding tert-OH is 1. The molecule has 0 saturated carbocycles. The summed E-state index contributed by atoms with van der Waals surface area (Å²) in [6, 6.07) is 10.3. The molecular weight excluding hydrogens is 216 g/mol. The predicted octanol–water partition coefficient (Wildman–Crippen LogP) is 4.11. The van der Waals surface area contributed by atoms with Crippen LogP contribution in [-0.2, 0) is 0 Å². The maximum Gasteiger partial charge on any atom is 0.0634 e. The van der Waals surface area contributed by atoms with Crippen LogP contribution >= 0.6 is 11.8 Å². The molecule has 0 aliphatic rings. The minimum Gasteiger partial charge on any atom is -0.392 e. The van der Waals surface area contributed by atoms with E-state index >= 15 is 0 Å². The molecule has 0 aliphatic heterocycles. The first-order chi connectivity index (χ1) is 7.74. The van der Waals surface area contributed by atoms with Crippen LogP contribution in [0.1, 0.15) is 39.5 Å². The third kappa shape index (κ3) is 5.04. The van der Waals surface area contributed by atoms with Crippen molar-refractivity contribution in [2.45, 2.75) is 55.8 Å². The van der Waals surface area contributed by atoms with Crippen LogP contribution in [0, 0.1) is 0 Å². The summed E-state index contributed by atoms with van der Waals surface area (Å²) >= 11 is 1.80. The molecule has 0 spiro atoms. The van der Waals surface area contributed by atoms with E-state index in [0.29, 0.717) is 5.25 Å². The van der Waals surface area contributed by atoms with Gasteiger partial charge in [0, 0.05) is 10.1 Å². The summed E-state index contributed by atoms with van der Waals surface area (Å²) in [6.45, 7) is 4.11. The van der Waals surface area contributed by atoms with Gasteiger partial charge in [-0.3, -0.25) is 0 Å². The van der Waals surface area contributed by atoms with Gasteiger partial charge in [-0.2, -0.15) is 0 Å². The van der Waals surface area contributed by atoms with Gasteiger partial charge in [-0.15, -0.1) is 11.8 Å². The number of benzene rings is 1. The molecule has 0 radical (unpaired) electrons. The fourth-order valence-electron chi connectivity index (χ4n) is 1.67. The van der Waals surface area contributed by atoms with E-state index in [1.54, 1.807) is 11.8 Å². The van der Waals surface area contributed by atoms with E-state index in [0.717, 1.165) is 6.42 Å². The van der Waals surface area contributed by atoms with Gasteiger partial charge in [-0.05, 0) is 25.5 Å². The van der Waals surface area contributed by atoms with Gasteiger partial charge in [0.15, 0.2) is 0 Å². The van der Waals surface area contributed by atoms with Gasteiger partial charge in [-0.1, -0.05) is 44.4 Å². The average Bonchev–Trinajstić information content (AvgIpc) is 2.29. The molecule has 1 N–H and O–H groups in total. The highest BCUT2D eigenvalue weighted by molar-refractivity contribution is 8.00. The lowest BCUT2D eigenvalue weighted by atomic mass is 10.1. The Morgan fingerprint density at radius 1 is 1.19 bits per heavy atom. The highest BCUT2D eigenvalue weighted by Crippen LogP contribution is 2.28. The molecule has 16 heavy (non-hydrogen) atoms. The quantitative estimate of drug-likeness (QED) is 0.570. The first-order valence-electron chi connectivity index (χ1n) is 6.13. The topological polar surface area (TPSA) is 20.2 Å². The standard InChI is InChI=1S/C14H22OS/c1-3-4-6-11-14(12(2)15)16-13-9-7-5-8-10-13/h5,7-10,12,14-15H,3-4,6,11H2,1-2H3/t12-,14+/m1/s1. The summed E-state index contributed by atoms with van der Waals surface area (Å²) in [6.07, 6.45) is 4.58. The lowest BCUT2D eigenvalue weighted by Crippen LogP contribution is -2.19. The van der Waals surface area contributed by atoms with Crippen LogP contribution in [0.5, 0.6) is 0 Å². The van der Waals surface area contributed by atoms with Gasteiger partial charge in [0.1, 0.15) is 0 Å². The van der Waals surface area contributed by atoms with E-state index in [-0.39, 0.29) is 6.10 Å². The van der Waals surface area contributed by atoms with Crippen molar-refractivity contribution >= 4 is 11.8 Å². The Bertz CT molecular complexity index is 271. The molecule has 1 aromatic rings. The Balaban J connectivity index is 2.45. The summed E-state index contributed by atoms with van der Waals surface area (Å²) in [5, 5.41) is 10.1. The number of thioether (sulfide) groups is 1. The largest absolute Gasteiger partial charge is 0.392 e. The number of rotatable bonds is 7. The normalized spacial score (nSPS) is 14.7. The van der Waals surface area contributed by atoms with Crippen LogP contribution in [-0.4, -0.2) is 16.5 Å². The highest BCUT2D eigenvalue weighted by atomic mass is 32.2. The zero-order valence-electron chi connectivity index (χ0n) is 10.2. The first kappa shape index (κ1) is 13.6. The third-order valence-electron chi connectivity index (χ3n) is 2.66. The van der Waals surface area contributed by atoms with Crippen LogP contribution < -0.4 is 0 Å². The zero-order chi connectivity index (χ0) is 11.8. The fourth-order valence-corrected chi connectivity index (χ4v) is 2.81. The number of aliphatic hydroxyl groups is 1. The maximum atomic E-state index is 9.75. The molecule has 0 amide bonds. The Morgan fingerprint density at radius 2 is 1.88 bits per heavy atom. The molecule has 0 unspecified atom stereocenters. The smallest absolute Gasteiger partial charge is 0.0634 e. The van der Waals surface area contributed by atoms with Crippen molar-refractivity contribution in [2.24, 2.45) is 0 Å². The molecule has 0 fully saturated rings. The lowest BCUT2D eigenvalue weighted by molar-refractivity contribution is 0.186. The monoisotopic (exact) mass is 238 g/mol. The maximum absolute atomic E-state index is 9.75. The van der Waals surface area contributed by atoms with E-state index in [1.165, 1.54) is 24.2 Å². The number of hydrogen-bond acceptors (Lipinski definition) is 2. The number of hydrogen-bond donors (Lipinski definition) is 1. The summed E-state index contributed by atoms with van der Waals surface area (Å²) in [5.74, 6) is 0. The van der Waals surface area contributed by atoms with Crippen LogP contribution in [0.2, 0.25) is 0 Å². The van der Waals surface area contributed by atoms with Crippen LogP contribution in [0.15, 0.2) is 35.2 Å². The van der Waals surface area contributed by atoms with Gasteiger partial charge in [0.2, 0.25) is 0 Å². The molecule has 0 bridgehead atoms. The Morgan fingerprint density at radius 3 is 2.44 bits per heavy atom. The second-order valence-electron chi connectivity index (χ2n) is 4.21. The van der Waals surface area contributed by atoms with Crippen molar-refractivity contribution in [2.75, 3.05) is 0 Å². The van der Waals surface area contributed by atoms with Gasteiger partial charge in [-0.25, -0.2) is 0 Å². The minimum atomic E-state index is -0.234. The van der Waals surface area contributed by atoms with E-state index < -0.39 is 0 Å². The lowest BCUT2D eigenvalue weighted by Gasteiger charge is -2.19. The van der Waals surface area contributed by atoms with Crippen molar-refractivity contribution in [1.82, 2.24) is 0 Å². The molecule has 1 aromatic carbocycles. The summed E-state index contributed by atoms with van der Waals surface area (Å²) in [4.78, 5) is 1.25. The van der Waals surface area contributed by atoms with E-state index in [9.17, 15) is 5.11 Å². The third-order valence-corrected chi connectivity index (χ3v) is 4.14. The van der Waals surface area contributed by atoms with Gasteiger partial charge >= 0.3 is 0 Å². The first-order valence-corrected chi connectivity index (χ1v) is 7.01. The van der Waals surface area contributed by atoms with Gasteiger partial charge in [0.05, 0.1) is 6.10 Å². The molecule has 0 heterocycles. The molecule has 0 saturated heterocycles. The minimum absolute atomic E-state index is 0.234. The molecular formula is C14H22OS. The highest BCUT2D eigenvalue weighted by Gasteiger charge is 2.15. The summed E-state index contributed by atoms with van der Waals surface area (Å²) in [7, 11) is 0. The Kier molecular flexibility index (Phi) is 6.58. The van der Waals surface area contributed by atoms with Gasteiger partial charge in [0.25, 0.3) is 0 Å². The molecule has 2 atom stereocenters. The van der Waals surface area contributed by atoms with E-state index in [1.807, 2.05) is 25.1 Å². The molecule has 90 valence electrons. The molecule has 0 aliphatic carbocycles. The average molecular weight is 238 g/mol. The van der Waals surface area contributed by atoms with Gasteiger partial charge < -0.3 is 5.11 Å². The molecule has 2 heteroatoms. The summed E-state index contributed by atoms with van der Waals surface area (Å²) in [5.41, 5.74) is 0. The SMILES string of the molecule is CCCCC[C@H](Sc1ccccc1)[C@@H](C)O. The Labute approximate surface area is 103 Å². The van der Waals surface area contributed by atoms with Crippen molar-refractivity contribution in [3.63, 3.8) is 0 Å². The van der Waals surface area contributed by atoms with Crippen molar-refractivity contribution in [3.8, 4) is 0 Å². The zero-order valence-corrected chi connectivity index (χ0v) is 11.0. The molecule has 1 rings (SSSR count). The van der Waals surface area contributed by atoms with Crippen molar-refractivity contribution in [3.05, 3.63) is 30.3 Å². The number of unbranched alkanes of at least 4 members (excludes halogenated alkanes) is 2. The fraction of sp³-hybridized carbons (Fsp3) is 0.571. The molecule has 0 aromatic heterocycles. The predicted molar refractivity (Wildman–Crippen MR) is 71.9 cm³/mol.